The summed E-state index contributed by atoms with van der Waals surface area (Å²) < 4.78 is 22.1. The van der Waals surface area contributed by atoms with Crippen molar-refractivity contribution >= 4 is 28.3 Å². The van der Waals surface area contributed by atoms with Crippen LogP contribution in [0.1, 0.15) is 76.0 Å². The van der Waals surface area contributed by atoms with E-state index in [1.807, 2.05) is 40.7 Å². The van der Waals surface area contributed by atoms with E-state index in [1.54, 1.807) is 0 Å². The van der Waals surface area contributed by atoms with Gasteiger partial charge in [0, 0.05) is 10.3 Å². The molecule has 0 aliphatic carbocycles. The fourth-order valence-electron chi connectivity index (χ4n) is 3.83. The number of rotatable bonds is 11. The second-order valence-corrected chi connectivity index (χ2v) is 12.5. The van der Waals surface area contributed by atoms with Crippen LogP contribution >= 0.6 is 11.3 Å². The Hall–Kier alpha value is -1.74. The van der Waals surface area contributed by atoms with E-state index in [4.69, 9.17) is 9.84 Å². The Morgan fingerprint density at radius 3 is 2.26 bits per heavy atom. The third kappa shape index (κ3) is 6.27. The van der Waals surface area contributed by atoms with Crippen molar-refractivity contribution in [3.8, 4) is 5.75 Å². The molecule has 6 nitrogen and oxygen atoms in total. The van der Waals surface area contributed by atoms with E-state index < -0.39 is 29.1 Å². The number of benzene rings is 1. The van der Waals surface area contributed by atoms with Gasteiger partial charge in [-0.15, -0.1) is 11.3 Å². The van der Waals surface area contributed by atoms with Crippen molar-refractivity contribution in [1.29, 1.82) is 0 Å². The Morgan fingerprint density at radius 1 is 1.15 bits per heavy atom. The SMILES string of the molecule is CCC(CC)(c1ccc(OCC(O)C(C)(C)C)c(C)c1)c1cc(C)c(S(=O)N[C@H](C)C(=O)O)s1. The predicted molar refractivity (Wildman–Crippen MR) is 139 cm³/mol. The van der Waals surface area contributed by atoms with Gasteiger partial charge < -0.3 is 14.9 Å². The summed E-state index contributed by atoms with van der Waals surface area (Å²) >= 11 is 1.48. The minimum absolute atomic E-state index is 0.234. The predicted octanol–water partition coefficient (Wildman–Crippen LogP) is 5.34. The number of nitrogens with one attached hydrogen (secondary N) is 1. The van der Waals surface area contributed by atoms with Gasteiger partial charge in [-0.05, 0) is 67.9 Å². The summed E-state index contributed by atoms with van der Waals surface area (Å²) in [7, 11) is -1.60. The lowest BCUT2D eigenvalue weighted by Crippen LogP contribution is -2.34. The van der Waals surface area contributed by atoms with Crippen molar-refractivity contribution in [3.63, 3.8) is 0 Å². The van der Waals surface area contributed by atoms with Gasteiger partial charge in [0.15, 0.2) is 0 Å². The van der Waals surface area contributed by atoms with E-state index in [0.29, 0.717) is 4.21 Å². The number of aliphatic hydroxyl groups is 1. The molecule has 3 N–H and O–H groups in total. The number of carboxylic acids is 1. The van der Waals surface area contributed by atoms with Crippen molar-refractivity contribution in [2.75, 3.05) is 6.61 Å². The molecule has 0 bridgehead atoms. The van der Waals surface area contributed by atoms with Crippen LogP contribution < -0.4 is 9.46 Å². The van der Waals surface area contributed by atoms with Gasteiger partial charge in [-0.25, -0.2) is 8.93 Å². The molecule has 1 aromatic heterocycles. The fraction of sp³-hybridized carbons (Fsp3) is 0.577. The Bertz CT molecular complexity index is 1020. The summed E-state index contributed by atoms with van der Waals surface area (Å²) in [5.74, 6) is -0.281. The molecule has 3 atom stereocenters. The number of thiophene rings is 1. The van der Waals surface area contributed by atoms with Gasteiger partial charge >= 0.3 is 5.97 Å². The molecule has 1 heterocycles. The smallest absolute Gasteiger partial charge is 0.321 e. The monoisotopic (exact) mass is 509 g/mol. The van der Waals surface area contributed by atoms with Crippen LogP contribution in [0.2, 0.25) is 0 Å². The zero-order valence-corrected chi connectivity index (χ0v) is 23.2. The number of aliphatic carboxylic acids is 1. The van der Waals surface area contributed by atoms with Gasteiger partial charge in [0.1, 0.15) is 33.6 Å². The highest BCUT2D eigenvalue weighted by Crippen LogP contribution is 2.44. The largest absolute Gasteiger partial charge is 0.491 e. The van der Waals surface area contributed by atoms with E-state index in [-0.39, 0.29) is 17.4 Å². The van der Waals surface area contributed by atoms with Crippen LogP contribution in [0.3, 0.4) is 0 Å². The molecule has 0 saturated heterocycles. The second kappa shape index (κ2) is 11.3. The molecule has 0 spiro atoms. The molecule has 34 heavy (non-hydrogen) atoms. The molecule has 0 fully saturated rings. The molecule has 2 aromatic rings. The van der Waals surface area contributed by atoms with Gasteiger partial charge in [-0.2, -0.15) is 0 Å². The van der Waals surface area contributed by atoms with Crippen molar-refractivity contribution in [1.82, 2.24) is 4.72 Å². The van der Waals surface area contributed by atoms with Crippen LogP contribution in [0.4, 0.5) is 0 Å². The average molecular weight is 510 g/mol. The van der Waals surface area contributed by atoms with Gasteiger partial charge in [-0.3, -0.25) is 4.79 Å². The first-order valence-electron chi connectivity index (χ1n) is 11.7. The normalized spacial score (nSPS) is 15.1. The second-order valence-electron chi connectivity index (χ2n) is 9.99. The maximum Gasteiger partial charge on any atom is 0.321 e. The van der Waals surface area contributed by atoms with Crippen LogP contribution in [-0.4, -0.2) is 39.1 Å². The third-order valence-corrected chi connectivity index (χ3v) is 9.66. The van der Waals surface area contributed by atoms with E-state index in [1.165, 1.54) is 18.3 Å². The minimum atomic E-state index is -1.60. The number of ether oxygens (including phenoxy) is 1. The van der Waals surface area contributed by atoms with E-state index in [2.05, 4.69) is 36.8 Å². The molecule has 2 unspecified atom stereocenters. The zero-order valence-electron chi connectivity index (χ0n) is 21.5. The number of hydrogen-bond donors (Lipinski definition) is 3. The van der Waals surface area contributed by atoms with Gasteiger partial charge in [0.2, 0.25) is 0 Å². The van der Waals surface area contributed by atoms with Crippen molar-refractivity contribution in [3.05, 3.63) is 45.8 Å². The van der Waals surface area contributed by atoms with Crippen molar-refractivity contribution < 1.29 is 24.0 Å². The van der Waals surface area contributed by atoms with Crippen LogP contribution in [0, 0.1) is 19.3 Å². The van der Waals surface area contributed by atoms with Gasteiger partial charge in [0.25, 0.3) is 0 Å². The average Bonchev–Trinajstić information content (AvgIpc) is 3.15. The van der Waals surface area contributed by atoms with Gasteiger partial charge in [-0.1, -0.05) is 46.8 Å². The highest BCUT2D eigenvalue weighted by molar-refractivity contribution is 7.85. The molecule has 0 radical (unpaired) electrons. The zero-order chi connectivity index (χ0) is 25.8. The lowest BCUT2D eigenvalue weighted by Gasteiger charge is -2.32. The third-order valence-electron chi connectivity index (χ3n) is 6.50. The molecule has 0 saturated carbocycles. The first kappa shape index (κ1) is 28.5. The topological polar surface area (TPSA) is 95.9 Å². The minimum Gasteiger partial charge on any atom is -0.491 e. The lowest BCUT2D eigenvalue weighted by atomic mass is 9.74. The molecule has 1 aromatic carbocycles. The van der Waals surface area contributed by atoms with Crippen molar-refractivity contribution in [2.45, 2.75) is 90.0 Å². The summed E-state index contributed by atoms with van der Waals surface area (Å²) in [5.41, 5.74) is 2.54. The van der Waals surface area contributed by atoms with Gasteiger partial charge in [0.05, 0.1) is 6.10 Å². The van der Waals surface area contributed by atoms with Crippen LogP contribution in [0.15, 0.2) is 28.5 Å². The highest BCUT2D eigenvalue weighted by Gasteiger charge is 2.34. The number of aliphatic hydroxyl groups excluding tert-OH is 1. The maximum absolute atomic E-state index is 12.8. The number of carboxylic acid groups (broad SMARTS) is 1. The molecule has 8 heteroatoms. The Morgan fingerprint density at radius 2 is 1.76 bits per heavy atom. The standard InChI is InChI=1S/C26H39NO5S2/c1-9-26(10-2,22-14-17(4)24(33-22)34(31)27-18(5)23(29)30)19-11-12-20(16(3)13-19)32-15-21(28)25(6,7)8/h11-14,18,21,27-28H,9-10,15H2,1-8H3,(H,29,30)/t18-,21?,34?/m1/s1. The molecular weight excluding hydrogens is 470 g/mol. The van der Waals surface area contributed by atoms with E-state index in [9.17, 15) is 14.1 Å². The summed E-state index contributed by atoms with van der Waals surface area (Å²) in [5, 5.41) is 19.5. The number of hydrogen-bond acceptors (Lipinski definition) is 5. The van der Waals surface area contributed by atoms with Crippen LogP contribution in [-0.2, 0) is 21.2 Å². The van der Waals surface area contributed by atoms with E-state index in [0.717, 1.165) is 40.2 Å². The van der Waals surface area contributed by atoms with Crippen molar-refractivity contribution in [2.24, 2.45) is 5.41 Å². The summed E-state index contributed by atoms with van der Waals surface area (Å²) in [6.07, 6.45) is 1.15. The summed E-state index contributed by atoms with van der Waals surface area (Å²) in [6, 6.07) is 7.37. The Balaban J connectivity index is 2.37. The molecule has 190 valence electrons. The first-order chi connectivity index (χ1) is 15.8. The number of aryl methyl sites for hydroxylation is 2. The molecule has 2 rings (SSSR count). The quantitative estimate of drug-likeness (QED) is 0.380. The Labute approximate surface area is 210 Å². The lowest BCUT2D eigenvalue weighted by molar-refractivity contribution is -0.138. The fourth-order valence-corrected chi connectivity index (χ4v) is 6.68. The summed E-state index contributed by atoms with van der Waals surface area (Å²) in [4.78, 5) is 12.3. The molecular formula is C26H39NO5S2. The molecule has 0 aliphatic heterocycles. The molecule has 0 aliphatic rings. The maximum atomic E-state index is 12.8. The van der Waals surface area contributed by atoms with Crippen LogP contribution in [0.5, 0.6) is 5.75 Å². The van der Waals surface area contributed by atoms with Crippen LogP contribution in [0.25, 0.3) is 0 Å². The number of carbonyl (C=O) groups is 1. The first-order valence-corrected chi connectivity index (χ1v) is 13.7. The highest BCUT2D eigenvalue weighted by atomic mass is 32.2. The van der Waals surface area contributed by atoms with E-state index >= 15 is 0 Å². The molecule has 0 amide bonds. The summed E-state index contributed by atoms with van der Waals surface area (Å²) in [6.45, 7) is 15.9. The Kier molecular flexibility index (Phi) is 9.50.